The molecule has 20 heavy (non-hydrogen) atoms. The molecule has 2 aliphatic heterocycles. The average molecular weight is 282 g/mol. The fourth-order valence-corrected chi connectivity index (χ4v) is 3.57. The molecule has 1 atom stereocenters. The molecule has 0 amide bonds. The Balaban J connectivity index is 2.08. The first-order valence-corrected chi connectivity index (χ1v) is 7.88. The molecule has 0 saturated carbocycles. The summed E-state index contributed by atoms with van der Waals surface area (Å²) in [5.74, 6) is 0. The van der Waals surface area contributed by atoms with Crippen molar-refractivity contribution >= 4 is 0 Å². The molecular formula is C16H30N2O2. The first-order chi connectivity index (χ1) is 9.57. The summed E-state index contributed by atoms with van der Waals surface area (Å²) in [6.07, 6.45) is 2.32. The van der Waals surface area contributed by atoms with Gasteiger partial charge in [0.15, 0.2) is 0 Å². The summed E-state index contributed by atoms with van der Waals surface area (Å²) in [7, 11) is 0. The molecule has 0 aromatic rings. The molecule has 0 N–H and O–H groups in total. The van der Waals surface area contributed by atoms with E-state index in [1.165, 1.54) is 5.57 Å². The fourth-order valence-electron chi connectivity index (χ4n) is 3.57. The van der Waals surface area contributed by atoms with E-state index in [0.717, 1.165) is 52.6 Å². The first kappa shape index (κ1) is 16.0. The lowest BCUT2D eigenvalue weighted by Crippen LogP contribution is -2.55. The number of nitrogens with zero attached hydrogens (tertiary/aromatic N) is 2. The minimum Gasteiger partial charge on any atom is -0.379 e. The zero-order chi connectivity index (χ0) is 14.6. The largest absolute Gasteiger partial charge is 0.379 e. The van der Waals surface area contributed by atoms with E-state index in [0.29, 0.717) is 6.04 Å². The van der Waals surface area contributed by atoms with Crippen molar-refractivity contribution in [3.05, 3.63) is 11.6 Å². The van der Waals surface area contributed by atoms with Crippen molar-refractivity contribution in [2.75, 3.05) is 52.6 Å². The number of hydrogen-bond donors (Lipinski definition) is 0. The summed E-state index contributed by atoms with van der Waals surface area (Å²) < 4.78 is 11.0. The van der Waals surface area contributed by atoms with Gasteiger partial charge in [0.1, 0.15) is 0 Å². The average Bonchev–Trinajstić information content (AvgIpc) is 2.49. The zero-order valence-corrected chi connectivity index (χ0v) is 13.5. The van der Waals surface area contributed by atoms with Crippen molar-refractivity contribution in [2.45, 2.75) is 39.3 Å². The van der Waals surface area contributed by atoms with Gasteiger partial charge in [-0.15, -0.1) is 0 Å². The predicted molar refractivity (Wildman–Crippen MR) is 82.1 cm³/mol. The Hall–Kier alpha value is -0.420. The van der Waals surface area contributed by atoms with E-state index in [1.807, 2.05) is 0 Å². The van der Waals surface area contributed by atoms with Crippen LogP contribution in [0.3, 0.4) is 0 Å². The standard InChI is InChI=1S/C16H30N2O2/c1-5-15(14(2)17-6-10-19-11-7-17)16(3,4)18-8-12-20-13-9-18/h5,14H,6-13H2,1-4H3/b15-5+. The lowest BCUT2D eigenvalue weighted by atomic mass is 9.85. The van der Waals surface area contributed by atoms with E-state index in [-0.39, 0.29) is 5.54 Å². The molecule has 2 rings (SSSR count). The highest BCUT2D eigenvalue weighted by molar-refractivity contribution is 5.23. The summed E-state index contributed by atoms with van der Waals surface area (Å²) >= 11 is 0. The van der Waals surface area contributed by atoms with Crippen LogP contribution in [0.25, 0.3) is 0 Å². The predicted octanol–water partition coefficient (Wildman–Crippen LogP) is 1.76. The highest BCUT2D eigenvalue weighted by atomic mass is 16.5. The minimum atomic E-state index is 0.0935. The molecule has 2 aliphatic rings. The normalized spacial score (nSPS) is 25.7. The Morgan fingerprint density at radius 2 is 1.50 bits per heavy atom. The van der Waals surface area contributed by atoms with E-state index >= 15 is 0 Å². The second kappa shape index (κ2) is 7.03. The van der Waals surface area contributed by atoms with Crippen molar-refractivity contribution in [3.63, 3.8) is 0 Å². The number of ether oxygens (including phenoxy) is 2. The SMILES string of the molecule is C/C=C(\C(C)N1CCOCC1)C(C)(C)N1CCOCC1. The molecule has 4 heteroatoms. The minimum absolute atomic E-state index is 0.0935. The molecule has 1 unspecified atom stereocenters. The maximum atomic E-state index is 5.50. The van der Waals surface area contributed by atoms with E-state index in [9.17, 15) is 0 Å². The lowest BCUT2D eigenvalue weighted by Gasteiger charge is -2.46. The van der Waals surface area contributed by atoms with Gasteiger partial charge in [-0.05, 0) is 33.3 Å². The van der Waals surface area contributed by atoms with Crippen LogP contribution in [0.5, 0.6) is 0 Å². The van der Waals surface area contributed by atoms with Crippen LogP contribution in [0, 0.1) is 0 Å². The van der Waals surface area contributed by atoms with E-state index in [1.54, 1.807) is 0 Å². The molecule has 0 aromatic heterocycles. The van der Waals surface area contributed by atoms with Gasteiger partial charge >= 0.3 is 0 Å². The molecule has 0 aliphatic carbocycles. The maximum absolute atomic E-state index is 5.50. The molecule has 116 valence electrons. The summed E-state index contributed by atoms with van der Waals surface area (Å²) in [5, 5.41) is 0. The van der Waals surface area contributed by atoms with E-state index in [2.05, 4.69) is 43.6 Å². The van der Waals surface area contributed by atoms with Crippen LogP contribution in [0.4, 0.5) is 0 Å². The van der Waals surface area contributed by atoms with Gasteiger partial charge in [-0.3, -0.25) is 9.80 Å². The number of rotatable bonds is 4. The van der Waals surface area contributed by atoms with Crippen molar-refractivity contribution in [1.82, 2.24) is 9.80 Å². The molecule has 0 radical (unpaired) electrons. The molecule has 0 spiro atoms. The Labute approximate surface area is 123 Å². The number of morpholine rings is 2. The van der Waals surface area contributed by atoms with E-state index in [4.69, 9.17) is 9.47 Å². The Bertz CT molecular complexity index is 329. The van der Waals surface area contributed by atoms with Crippen molar-refractivity contribution < 1.29 is 9.47 Å². The fraction of sp³-hybridized carbons (Fsp3) is 0.875. The molecule has 2 saturated heterocycles. The summed E-state index contributed by atoms with van der Waals surface area (Å²) in [4.78, 5) is 5.10. The molecule has 4 nitrogen and oxygen atoms in total. The number of hydrogen-bond acceptors (Lipinski definition) is 4. The first-order valence-electron chi connectivity index (χ1n) is 7.88. The van der Waals surface area contributed by atoms with Crippen LogP contribution >= 0.6 is 0 Å². The second-order valence-corrected chi connectivity index (χ2v) is 6.23. The van der Waals surface area contributed by atoms with Gasteiger partial charge in [0.25, 0.3) is 0 Å². The van der Waals surface area contributed by atoms with Gasteiger partial charge in [-0.1, -0.05) is 6.08 Å². The number of allylic oxidation sites excluding steroid dienone is 1. The Kier molecular flexibility index (Phi) is 5.61. The maximum Gasteiger partial charge on any atom is 0.0594 e. The smallest absolute Gasteiger partial charge is 0.0594 e. The second-order valence-electron chi connectivity index (χ2n) is 6.23. The topological polar surface area (TPSA) is 24.9 Å². The summed E-state index contributed by atoms with van der Waals surface area (Å²) in [6.45, 7) is 16.8. The van der Waals surface area contributed by atoms with Gasteiger partial charge in [0.05, 0.1) is 26.4 Å². The van der Waals surface area contributed by atoms with Crippen molar-refractivity contribution in [1.29, 1.82) is 0 Å². The van der Waals surface area contributed by atoms with Crippen LogP contribution in [0.15, 0.2) is 11.6 Å². The van der Waals surface area contributed by atoms with Crippen LogP contribution in [-0.2, 0) is 9.47 Å². The molecular weight excluding hydrogens is 252 g/mol. The highest BCUT2D eigenvalue weighted by Crippen LogP contribution is 2.30. The van der Waals surface area contributed by atoms with Crippen LogP contribution in [0.1, 0.15) is 27.7 Å². The van der Waals surface area contributed by atoms with Gasteiger partial charge in [-0.2, -0.15) is 0 Å². The van der Waals surface area contributed by atoms with Crippen LogP contribution in [-0.4, -0.2) is 74.0 Å². The zero-order valence-electron chi connectivity index (χ0n) is 13.5. The van der Waals surface area contributed by atoms with E-state index < -0.39 is 0 Å². The molecule has 0 aromatic carbocycles. The lowest BCUT2D eigenvalue weighted by molar-refractivity contribution is -0.00946. The van der Waals surface area contributed by atoms with Crippen molar-refractivity contribution in [2.24, 2.45) is 0 Å². The third-order valence-electron chi connectivity index (χ3n) is 4.86. The molecule has 2 fully saturated rings. The third kappa shape index (κ3) is 3.42. The van der Waals surface area contributed by atoms with Gasteiger partial charge in [0.2, 0.25) is 0 Å². The van der Waals surface area contributed by atoms with Crippen LogP contribution < -0.4 is 0 Å². The van der Waals surface area contributed by atoms with Gasteiger partial charge in [-0.25, -0.2) is 0 Å². The Morgan fingerprint density at radius 3 is 2.00 bits per heavy atom. The third-order valence-corrected chi connectivity index (χ3v) is 4.86. The quantitative estimate of drug-likeness (QED) is 0.734. The Morgan fingerprint density at radius 1 is 1.00 bits per heavy atom. The summed E-state index contributed by atoms with van der Waals surface area (Å²) in [6, 6.07) is 0.474. The highest BCUT2D eigenvalue weighted by Gasteiger charge is 2.35. The molecule has 2 heterocycles. The van der Waals surface area contributed by atoms with Gasteiger partial charge in [0, 0.05) is 37.8 Å². The van der Waals surface area contributed by atoms with Crippen LogP contribution in [0.2, 0.25) is 0 Å². The van der Waals surface area contributed by atoms with Crippen molar-refractivity contribution in [3.8, 4) is 0 Å². The van der Waals surface area contributed by atoms with Gasteiger partial charge < -0.3 is 9.47 Å². The molecule has 0 bridgehead atoms. The summed E-state index contributed by atoms with van der Waals surface area (Å²) in [5.41, 5.74) is 1.61. The monoisotopic (exact) mass is 282 g/mol.